The van der Waals surface area contributed by atoms with Gasteiger partial charge in [0.1, 0.15) is 11.4 Å². The Morgan fingerprint density at radius 1 is 0.900 bits per heavy atom. The predicted octanol–water partition coefficient (Wildman–Crippen LogP) is 7.92. The van der Waals surface area contributed by atoms with Crippen molar-refractivity contribution in [3.63, 3.8) is 0 Å². The molecule has 0 fully saturated rings. The van der Waals surface area contributed by atoms with Crippen LogP contribution < -0.4 is 14.2 Å². The van der Waals surface area contributed by atoms with Gasteiger partial charge in [-0.15, -0.1) is 0 Å². The summed E-state index contributed by atoms with van der Waals surface area (Å²) in [4.78, 5) is 0. The van der Waals surface area contributed by atoms with Crippen molar-refractivity contribution >= 4 is 16.8 Å². The van der Waals surface area contributed by atoms with Gasteiger partial charge in [0.15, 0.2) is 17.1 Å². The number of ether oxygens (including phenoxy) is 3. The standard InChI is InChI=1S/C36H32O4/c1-22-14-16-24(17-15-22)36(23-10-6-5-7-11-23)19-18-25-27-20-30(38-3)31(39-4)21-28(27)33-32(34(25)40-36)26-12-8-9-13-29(26)35(33,2)37/h5-14,16-22,37H,15H2,1-4H3. The molecule has 3 atom stereocenters. The second-order valence-electron chi connectivity index (χ2n) is 11.1. The maximum Gasteiger partial charge on any atom is 0.177 e. The molecule has 40 heavy (non-hydrogen) atoms. The van der Waals surface area contributed by atoms with Gasteiger partial charge in [-0.2, -0.15) is 0 Å². The molecule has 0 amide bonds. The average Bonchev–Trinajstić information content (AvgIpc) is 3.24. The topological polar surface area (TPSA) is 47.9 Å². The van der Waals surface area contributed by atoms with Gasteiger partial charge in [-0.1, -0.05) is 79.7 Å². The zero-order valence-electron chi connectivity index (χ0n) is 23.2. The minimum absolute atomic E-state index is 0.481. The van der Waals surface area contributed by atoms with Crippen LogP contribution in [0.25, 0.3) is 28.0 Å². The molecule has 0 spiro atoms. The summed E-state index contributed by atoms with van der Waals surface area (Å²) >= 11 is 0. The van der Waals surface area contributed by atoms with Crippen LogP contribution in [0.5, 0.6) is 17.2 Å². The molecule has 4 nitrogen and oxygen atoms in total. The third kappa shape index (κ3) is 3.36. The highest BCUT2D eigenvalue weighted by Gasteiger charge is 2.46. The summed E-state index contributed by atoms with van der Waals surface area (Å²) in [7, 11) is 3.28. The van der Waals surface area contributed by atoms with Crippen LogP contribution in [0, 0.1) is 5.92 Å². The third-order valence-electron chi connectivity index (χ3n) is 8.71. The van der Waals surface area contributed by atoms with Gasteiger partial charge in [0.25, 0.3) is 0 Å². The van der Waals surface area contributed by atoms with Gasteiger partial charge in [0.05, 0.1) is 14.2 Å². The molecule has 7 rings (SSSR count). The number of hydrogen-bond acceptors (Lipinski definition) is 4. The van der Waals surface area contributed by atoms with Crippen molar-refractivity contribution < 1.29 is 19.3 Å². The lowest BCUT2D eigenvalue weighted by molar-refractivity contribution is 0.108. The molecular formula is C36H32O4. The first-order valence-electron chi connectivity index (χ1n) is 13.8. The number of allylic oxidation sites excluding steroid dienone is 2. The van der Waals surface area contributed by atoms with Gasteiger partial charge in [0.2, 0.25) is 0 Å². The van der Waals surface area contributed by atoms with Crippen LogP contribution in [0.1, 0.15) is 42.5 Å². The second-order valence-corrected chi connectivity index (χ2v) is 11.1. The van der Waals surface area contributed by atoms with E-state index in [9.17, 15) is 5.11 Å². The van der Waals surface area contributed by atoms with E-state index in [0.29, 0.717) is 17.4 Å². The van der Waals surface area contributed by atoms with Crippen LogP contribution in [0.15, 0.2) is 96.6 Å². The first kappa shape index (κ1) is 24.7. The molecule has 0 aromatic heterocycles. The molecule has 4 heteroatoms. The minimum atomic E-state index is -1.22. The first-order valence-corrected chi connectivity index (χ1v) is 13.8. The number of benzene rings is 4. The second kappa shape index (κ2) is 8.87. The molecule has 4 aromatic rings. The van der Waals surface area contributed by atoms with Crippen molar-refractivity contribution in [2.45, 2.75) is 31.5 Å². The van der Waals surface area contributed by atoms with E-state index in [1.165, 1.54) is 0 Å². The lowest BCUT2D eigenvalue weighted by atomic mass is 9.78. The molecule has 0 saturated heterocycles. The van der Waals surface area contributed by atoms with Crippen molar-refractivity contribution in [3.05, 3.63) is 119 Å². The highest BCUT2D eigenvalue weighted by molar-refractivity contribution is 6.07. The number of methoxy groups -OCH3 is 2. The molecule has 200 valence electrons. The summed E-state index contributed by atoms with van der Waals surface area (Å²) in [5.74, 6) is 2.50. The van der Waals surface area contributed by atoms with Crippen molar-refractivity contribution in [2.75, 3.05) is 14.2 Å². The number of hydrogen-bond donors (Lipinski definition) is 1. The zero-order chi connectivity index (χ0) is 27.6. The van der Waals surface area contributed by atoms with E-state index in [2.05, 4.69) is 67.6 Å². The Morgan fingerprint density at radius 2 is 1.60 bits per heavy atom. The van der Waals surface area contributed by atoms with E-state index in [1.54, 1.807) is 14.2 Å². The van der Waals surface area contributed by atoms with E-state index >= 15 is 0 Å². The SMILES string of the molecule is COc1cc2c3c(c4c(c2cc1OC)C(C)(O)c1ccccc1-4)OC(C1=CCC(C)C=C1)(c1ccccc1)C=C3. The number of aliphatic hydroxyl groups is 1. The molecule has 0 bridgehead atoms. The van der Waals surface area contributed by atoms with Crippen molar-refractivity contribution in [1.29, 1.82) is 0 Å². The highest BCUT2D eigenvalue weighted by atomic mass is 16.5. The van der Waals surface area contributed by atoms with E-state index in [4.69, 9.17) is 14.2 Å². The maximum atomic E-state index is 12.1. The van der Waals surface area contributed by atoms with Crippen LogP contribution in [0.3, 0.4) is 0 Å². The Bertz CT molecular complexity index is 1760. The van der Waals surface area contributed by atoms with Crippen molar-refractivity contribution in [2.24, 2.45) is 5.92 Å². The summed E-state index contributed by atoms with van der Waals surface area (Å²) in [5, 5.41) is 14.0. The Labute approximate surface area is 234 Å². The fourth-order valence-corrected chi connectivity index (χ4v) is 6.67. The Morgan fingerprint density at radius 3 is 2.30 bits per heavy atom. The summed E-state index contributed by atoms with van der Waals surface area (Å²) in [6.45, 7) is 4.10. The minimum Gasteiger partial charge on any atom is -0.493 e. The molecule has 3 unspecified atom stereocenters. The summed E-state index contributed by atoms with van der Waals surface area (Å²) in [6, 6.07) is 22.5. The van der Waals surface area contributed by atoms with Gasteiger partial charge in [-0.05, 0) is 71.0 Å². The van der Waals surface area contributed by atoms with Crippen LogP contribution in [0.2, 0.25) is 0 Å². The van der Waals surface area contributed by atoms with Crippen LogP contribution in [0.4, 0.5) is 0 Å². The summed E-state index contributed by atoms with van der Waals surface area (Å²) in [6.07, 6.45) is 12.1. The van der Waals surface area contributed by atoms with Crippen molar-refractivity contribution in [3.8, 4) is 28.4 Å². The summed E-state index contributed by atoms with van der Waals surface area (Å²) < 4.78 is 18.7. The fraction of sp³-hybridized carbons (Fsp3) is 0.222. The monoisotopic (exact) mass is 528 g/mol. The number of fused-ring (bicyclic) bond motifs is 8. The smallest absolute Gasteiger partial charge is 0.177 e. The van der Waals surface area contributed by atoms with E-state index in [-0.39, 0.29) is 0 Å². The van der Waals surface area contributed by atoms with E-state index < -0.39 is 11.2 Å². The highest BCUT2D eigenvalue weighted by Crippen LogP contribution is 2.59. The van der Waals surface area contributed by atoms with E-state index in [0.717, 1.165) is 61.9 Å². The third-order valence-corrected chi connectivity index (χ3v) is 8.71. The largest absolute Gasteiger partial charge is 0.493 e. The molecule has 2 aliphatic carbocycles. The molecule has 3 aliphatic rings. The lowest BCUT2D eigenvalue weighted by Crippen LogP contribution is -2.35. The first-order chi connectivity index (χ1) is 19.4. The molecule has 4 aromatic carbocycles. The fourth-order valence-electron chi connectivity index (χ4n) is 6.67. The molecule has 1 aliphatic heterocycles. The van der Waals surface area contributed by atoms with Crippen LogP contribution in [-0.4, -0.2) is 19.3 Å². The summed E-state index contributed by atoms with van der Waals surface area (Å²) in [5.41, 5.74) is 4.68. The maximum absolute atomic E-state index is 12.1. The molecule has 1 heterocycles. The van der Waals surface area contributed by atoms with Gasteiger partial charge in [-0.25, -0.2) is 0 Å². The molecule has 0 saturated carbocycles. The van der Waals surface area contributed by atoms with Gasteiger partial charge >= 0.3 is 0 Å². The van der Waals surface area contributed by atoms with Crippen molar-refractivity contribution in [1.82, 2.24) is 0 Å². The molecular weight excluding hydrogens is 496 g/mol. The Kier molecular flexibility index (Phi) is 5.48. The normalized spacial score (nSPS) is 24.1. The molecule has 0 radical (unpaired) electrons. The average molecular weight is 529 g/mol. The van der Waals surface area contributed by atoms with Gasteiger partial charge in [-0.3, -0.25) is 0 Å². The lowest BCUT2D eigenvalue weighted by Gasteiger charge is -2.39. The zero-order valence-corrected chi connectivity index (χ0v) is 23.2. The van der Waals surface area contributed by atoms with Gasteiger partial charge in [0, 0.05) is 22.3 Å². The Balaban J connectivity index is 1.59. The quantitative estimate of drug-likeness (QED) is 0.292. The predicted molar refractivity (Wildman–Crippen MR) is 160 cm³/mol. The number of rotatable bonds is 4. The van der Waals surface area contributed by atoms with Crippen LogP contribution >= 0.6 is 0 Å². The Hall–Kier alpha value is -4.28. The van der Waals surface area contributed by atoms with Crippen LogP contribution in [-0.2, 0) is 11.2 Å². The van der Waals surface area contributed by atoms with Gasteiger partial charge < -0.3 is 19.3 Å². The van der Waals surface area contributed by atoms with E-state index in [1.807, 2.05) is 43.3 Å². The molecule has 1 N–H and O–H groups in total.